The number of rotatable bonds is 3. The standard InChI is InChI=1S/C14H22N4/c1-2-9-16-14(18-15)17-13-8-7-11-5-3-4-6-12(11)10-13/h3-6,13H,2,7-10,15H2,1H3,(H2,16,17,18). The van der Waals surface area contributed by atoms with Crippen LogP contribution in [0.1, 0.15) is 30.9 Å². The van der Waals surface area contributed by atoms with Gasteiger partial charge in [0, 0.05) is 12.6 Å². The third-order valence-corrected chi connectivity index (χ3v) is 3.32. The smallest absolute Gasteiger partial charge is 0.205 e. The average molecular weight is 246 g/mol. The summed E-state index contributed by atoms with van der Waals surface area (Å²) in [4.78, 5) is 4.38. The minimum absolute atomic E-state index is 0.423. The Balaban J connectivity index is 1.96. The summed E-state index contributed by atoms with van der Waals surface area (Å²) in [6, 6.07) is 9.07. The van der Waals surface area contributed by atoms with Crippen LogP contribution in [-0.4, -0.2) is 18.5 Å². The maximum Gasteiger partial charge on any atom is 0.205 e. The Hall–Kier alpha value is -1.55. The lowest BCUT2D eigenvalue weighted by Crippen LogP contribution is -2.48. The van der Waals surface area contributed by atoms with E-state index in [0.29, 0.717) is 12.0 Å². The summed E-state index contributed by atoms with van der Waals surface area (Å²) in [5.41, 5.74) is 5.56. The molecule has 1 aromatic rings. The highest BCUT2D eigenvalue weighted by Crippen LogP contribution is 2.20. The zero-order valence-electron chi connectivity index (χ0n) is 10.9. The highest BCUT2D eigenvalue weighted by molar-refractivity contribution is 5.79. The van der Waals surface area contributed by atoms with Gasteiger partial charge < -0.3 is 5.32 Å². The number of nitrogens with two attached hydrogens (primary N) is 1. The second kappa shape index (κ2) is 6.40. The molecule has 4 heteroatoms. The van der Waals surface area contributed by atoms with Crippen LogP contribution in [0, 0.1) is 0 Å². The molecule has 4 N–H and O–H groups in total. The first-order chi connectivity index (χ1) is 8.83. The van der Waals surface area contributed by atoms with Crippen molar-refractivity contribution in [1.29, 1.82) is 0 Å². The molecule has 0 heterocycles. The SMILES string of the molecule is CCCN=C(NN)NC1CCc2ccccc2C1. The van der Waals surface area contributed by atoms with Gasteiger partial charge in [-0.1, -0.05) is 31.2 Å². The number of hydrazine groups is 1. The normalized spacial score (nSPS) is 19.2. The maximum atomic E-state index is 5.48. The monoisotopic (exact) mass is 246 g/mol. The van der Waals surface area contributed by atoms with Crippen LogP contribution in [0.25, 0.3) is 0 Å². The van der Waals surface area contributed by atoms with Crippen molar-refractivity contribution in [3.63, 3.8) is 0 Å². The molecule has 4 nitrogen and oxygen atoms in total. The zero-order valence-corrected chi connectivity index (χ0v) is 10.9. The number of benzene rings is 1. The highest BCUT2D eigenvalue weighted by atomic mass is 15.3. The fourth-order valence-electron chi connectivity index (χ4n) is 2.37. The van der Waals surface area contributed by atoms with Crippen molar-refractivity contribution in [3.05, 3.63) is 35.4 Å². The van der Waals surface area contributed by atoms with E-state index >= 15 is 0 Å². The number of fused-ring (bicyclic) bond motifs is 1. The van der Waals surface area contributed by atoms with Gasteiger partial charge in [-0.05, 0) is 36.8 Å². The van der Waals surface area contributed by atoms with Crippen molar-refractivity contribution in [2.45, 2.75) is 38.6 Å². The van der Waals surface area contributed by atoms with Crippen LogP contribution in [0.4, 0.5) is 0 Å². The molecule has 1 aliphatic rings. The summed E-state index contributed by atoms with van der Waals surface area (Å²) in [5, 5.41) is 3.40. The van der Waals surface area contributed by atoms with Crippen molar-refractivity contribution >= 4 is 5.96 Å². The van der Waals surface area contributed by atoms with Crippen LogP contribution in [0.2, 0.25) is 0 Å². The minimum atomic E-state index is 0.423. The number of nitrogens with zero attached hydrogens (tertiary/aromatic N) is 1. The number of nitrogens with one attached hydrogen (secondary N) is 2. The topological polar surface area (TPSA) is 62.4 Å². The number of aryl methyl sites for hydroxylation is 1. The lowest BCUT2D eigenvalue weighted by molar-refractivity contribution is 0.520. The Morgan fingerprint density at radius 3 is 2.89 bits per heavy atom. The van der Waals surface area contributed by atoms with Crippen LogP contribution in [-0.2, 0) is 12.8 Å². The lowest BCUT2D eigenvalue weighted by Gasteiger charge is -2.26. The first-order valence-electron chi connectivity index (χ1n) is 6.68. The molecular weight excluding hydrogens is 224 g/mol. The molecule has 1 aromatic carbocycles. The summed E-state index contributed by atoms with van der Waals surface area (Å²) in [6.45, 7) is 2.91. The molecule has 0 aliphatic heterocycles. The molecule has 0 spiro atoms. The van der Waals surface area contributed by atoms with E-state index in [-0.39, 0.29) is 0 Å². The van der Waals surface area contributed by atoms with E-state index < -0.39 is 0 Å². The van der Waals surface area contributed by atoms with Crippen LogP contribution in [0.15, 0.2) is 29.3 Å². The molecule has 0 fully saturated rings. The largest absolute Gasteiger partial charge is 0.352 e. The summed E-state index contributed by atoms with van der Waals surface area (Å²) in [7, 11) is 0. The predicted molar refractivity (Wildman–Crippen MR) is 75.3 cm³/mol. The van der Waals surface area contributed by atoms with Crippen molar-refractivity contribution in [1.82, 2.24) is 10.7 Å². The second-order valence-electron chi connectivity index (χ2n) is 4.73. The van der Waals surface area contributed by atoms with Gasteiger partial charge in [-0.15, -0.1) is 0 Å². The summed E-state index contributed by atoms with van der Waals surface area (Å²) in [6.07, 6.45) is 4.33. The maximum absolute atomic E-state index is 5.48. The van der Waals surface area contributed by atoms with E-state index in [1.54, 1.807) is 0 Å². The van der Waals surface area contributed by atoms with Crippen LogP contribution < -0.4 is 16.6 Å². The molecule has 1 atom stereocenters. The molecule has 1 aliphatic carbocycles. The van der Waals surface area contributed by atoms with Crippen LogP contribution >= 0.6 is 0 Å². The van der Waals surface area contributed by atoms with Gasteiger partial charge in [0.2, 0.25) is 5.96 Å². The van der Waals surface area contributed by atoms with Crippen molar-refractivity contribution < 1.29 is 0 Å². The predicted octanol–water partition coefficient (Wildman–Crippen LogP) is 1.36. The number of guanidine groups is 1. The fourth-order valence-corrected chi connectivity index (χ4v) is 2.37. The van der Waals surface area contributed by atoms with Crippen molar-refractivity contribution in [2.24, 2.45) is 10.8 Å². The Kier molecular flexibility index (Phi) is 4.59. The minimum Gasteiger partial charge on any atom is -0.352 e. The first-order valence-corrected chi connectivity index (χ1v) is 6.68. The molecular formula is C14H22N4. The first kappa shape index (κ1) is 12.9. The Morgan fingerprint density at radius 1 is 1.39 bits per heavy atom. The van der Waals surface area contributed by atoms with Gasteiger partial charge in [0.05, 0.1) is 0 Å². The van der Waals surface area contributed by atoms with Gasteiger partial charge >= 0.3 is 0 Å². The van der Waals surface area contributed by atoms with Gasteiger partial charge in [-0.2, -0.15) is 0 Å². The number of hydrogen-bond donors (Lipinski definition) is 3. The zero-order chi connectivity index (χ0) is 12.8. The highest BCUT2D eigenvalue weighted by Gasteiger charge is 2.18. The van der Waals surface area contributed by atoms with Gasteiger partial charge in [-0.3, -0.25) is 10.4 Å². The fraction of sp³-hybridized carbons (Fsp3) is 0.500. The Labute approximate surface area is 109 Å². The molecule has 0 saturated carbocycles. The van der Waals surface area contributed by atoms with Crippen molar-refractivity contribution in [2.75, 3.05) is 6.54 Å². The van der Waals surface area contributed by atoms with Gasteiger partial charge in [-0.25, -0.2) is 5.84 Å². The molecule has 98 valence electrons. The molecule has 1 unspecified atom stereocenters. The van der Waals surface area contributed by atoms with E-state index in [2.05, 4.69) is 46.9 Å². The molecule has 0 radical (unpaired) electrons. The third kappa shape index (κ3) is 3.23. The van der Waals surface area contributed by atoms with Gasteiger partial charge in [0.1, 0.15) is 0 Å². The van der Waals surface area contributed by atoms with Crippen LogP contribution in [0.3, 0.4) is 0 Å². The van der Waals surface area contributed by atoms with E-state index in [9.17, 15) is 0 Å². The quantitative estimate of drug-likeness (QED) is 0.327. The molecule has 18 heavy (non-hydrogen) atoms. The molecule has 0 aromatic heterocycles. The Morgan fingerprint density at radius 2 is 2.17 bits per heavy atom. The van der Waals surface area contributed by atoms with Crippen LogP contribution in [0.5, 0.6) is 0 Å². The van der Waals surface area contributed by atoms with E-state index in [1.165, 1.54) is 11.1 Å². The summed E-state index contributed by atoms with van der Waals surface area (Å²) in [5.74, 6) is 6.19. The van der Waals surface area contributed by atoms with E-state index in [4.69, 9.17) is 5.84 Å². The van der Waals surface area contributed by atoms with E-state index in [1.807, 2.05) is 0 Å². The van der Waals surface area contributed by atoms with E-state index in [0.717, 1.165) is 32.2 Å². The molecule has 0 bridgehead atoms. The van der Waals surface area contributed by atoms with Gasteiger partial charge in [0.15, 0.2) is 0 Å². The summed E-state index contributed by atoms with van der Waals surface area (Å²) >= 11 is 0. The molecule has 0 saturated heterocycles. The number of hydrogen-bond acceptors (Lipinski definition) is 2. The second-order valence-corrected chi connectivity index (χ2v) is 4.73. The lowest BCUT2D eigenvalue weighted by atomic mass is 9.88. The summed E-state index contributed by atoms with van der Waals surface area (Å²) < 4.78 is 0. The third-order valence-electron chi connectivity index (χ3n) is 3.32. The van der Waals surface area contributed by atoms with Crippen molar-refractivity contribution in [3.8, 4) is 0 Å². The molecule has 0 amide bonds. The Bertz CT molecular complexity index is 414. The van der Waals surface area contributed by atoms with Gasteiger partial charge in [0.25, 0.3) is 0 Å². The molecule has 2 rings (SSSR count). The average Bonchev–Trinajstić information content (AvgIpc) is 2.43. The number of aliphatic imine (C=N–C) groups is 1.